The average Bonchev–Trinajstić information content (AvgIpc) is 3.64. The lowest BCUT2D eigenvalue weighted by Crippen LogP contribution is -2.52. The maximum absolute atomic E-state index is 13.6. The number of rotatable bonds is 7. The third-order valence-electron chi connectivity index (χ3n) is 6.92. The van der Waals surface area contributed by atoms with Gasteiger partial charge in [0.05, 0.1) is 18.2 Å². The van der Waals surface area contributed by atoms with E-state index in [4.69, 9.17) is 9.47 Å². The summed E-state index contributed by atoms with van der Waals surface area (Å²) in [5, 5.41) is 1.60. The van der Waals surface area contributed by atoms with Crippen LogP contribution in [-0.4, -0.2) is 83.3 Å². The summed E-state index contributed by atoms with van der Waals surface area (Å²) in [5.74, 6) is -0.487. The summed E-state index contributed by atoms with van der Waals surface area (Å²) in [6.45, 7) is 1.53. The predicted octanol–water partition coefficient (Wildman–Crippen LogP) is 0.733. The second-order valence-corrected chi connectivity index (χ2v) is 11.1. The first kappa shape index (κ1) is 25.8. The van der Waals surface area contributed by atoms with E-state index in [1.54, 1.807) is 12.1 Å². The molecule has 38 heavy (non-hydrogen) atoms. The number of carbonyl (C=O) groups excluding carboxylic acids is 4. The highest BCUT2D eigenvalue weighted by atomic mass is 32.2. The molecule has 2 aromatic rings. The number of sulfonamides is 1. The minimum atomic E-state index is -4.51. The largest absolute Gasteiger partial charge is 0.454 e. The van der Waals surface area contributed by atoms with Crippen LogP contribution in [0.4, 0.5) is 0 Å². The Morgan fingerprint density at radius 2 is 1.95 bits per heavy atom. The van der Waals surface area contributed by atoms with E-state index in [0.29, 0.717) is 24.3 Å². The molecule has 1 N–H and O–H groups in total. The van der Waals surface area contributed by atoms with Crippen molar-refractivity contribution in [3.8, 4) is 11.5 Å². The number of Topliss-reactive ketones (excluding diaryl/α,β-unsaturated/α-hetero) is 1. The monoisotopic (exact) mass is 542 g/mol. The van der Waals surface area contributed by atoms with Gasteiger partial charge in [-0.1, -0.05) is 13.3 Å². The van der Waals surface area contributed by atoms with E-state index in [1.807, 2.05) is 6.92 Å². The SMILES string of the molecule is CCCC(NC(=O)c1ccc2c(c1)OCO2)C(=O)N1CCC2C1C(=O)CN2S(=O)(=O)C(=O)c1cccnc1. The van der Waals surface area contributed by atoms with Gasteiger partial charge in [0.1, 0.15) is 12.1 Å². The molecule has 13 heteroatoms. The Morgan fingerprint density at radius 1 is 1.16 bits per heavy atom. The van der Waals surface area contributed by atoms with Crippen molar-refractivity contribution in [1.82, 2.24) is 19.5 Å². The molecule has 0 saturated carbocycles. The minimum Gasteiger partial charge on any atom is -0.454 e. The number of likely N-dealkylation sites (tertiary alicyclic amines) is 1. The number of benzene rings is 1. The van der Waals surface area contributed by atoms with Crippen molar-refractivity contribution in [2.75, 3.05) is 19.9 Å². The highest BCUT2D eigenvalue weighted by Crippen LogP contribution is 2.34. The third-order valence-corrected chi connectivity index (χ3v) is 8.64. The fourth-order valence-corrected chi connectivity index (χ4v) is 6.61. The van der Waals surface area contributed by atoms with E-state index in [9.17, 15) is 27.6 Å². The molecule has 4 heterocycles. The topological polar surface area (TPSA) is 152 Å². The Morgan fingerprint density at radius 3 is 2.68 bits per heavy atom. The quantitative estimate of drug-likeness (QED) is 0.534. The summed E-state index contributed by atoms with van der Waals surface area (Å²) in [6.07, 6.45) is 3.65. The van der Waals surface area contributed by atoms with Gasteiger partial charge in [-0.2, -0.15) is 4.31 Å². The van der Waals surface area contributed by atoms with E-state index in [-0.39, 0.29) is 30.9 Å². The number of hydrogen-bond donors (Lipinski definition) is 1. The van der Waals surface area contributed by atoms with Crippen LogP contribution < -0.4 is 14.8 Å². The summed E-state index contributed by atoms with van der Waals surface area (Å²) in [7, 11) is -4.51. The van der Waals surface area contributed by atoms with Crippen molar-refractivity contribution >= 4 is 32.7 Å². The normalized spacial score (nSPS) is 21.3. The van der Waals surface area contributed by atoms with E-state index < -0.39 is 57.4 Å². The van der Waals surface area contributed by atoms with Gasteiger partial charge in [-0.15, -0.1) is 0 Å². The van der Waals surface area contributed by atoms with Crippen LogP contribution >= 0.6 is 0 Å². The summed E-state index contributed by atoms with van der Waals surface area (Å²) in [5.41, 5.74) is 0.175. The number of hydrogen-bond acceptors (Lipinski definition) is 9. The lowest BCUT2D eigenvalue weighted by atomic mass is 10.1. The van der Waals surface area contributed by atoms with Gasteiger partial charge in [-0.05, 0) is 43.2 Å². The first-order valence-electron chi connectivity index (χ1n) is 12.2. The van der Waals surface area contributed by atoms with Crippen molar-refractivity contribution in [1.29, 1.82) is 0 Å². The van der Waals surface area contributed by atoms with Crippen molar-refractivity contribution in [2.45, 2.75) is 44.3 Å². The van der Waals surface area contributed by atoms with E-state index >= 15 is 0 Å². The van der Waals surface area contributed by atoms with Gasteiger partial charge in [-0.25, -0.2) is 8.42 Å². The fourth-order valence-electron chi connectivity index (χ4n) is 5.11. The van der Waals surface area contributed by atoms with Crippen molar-refractivity contribution in [3.05, 3.63) is 53.9 Å². The number of amides is 2. The zero-order valence-corrected chi connectivity index (χ0v) is 21.3. The molecule has 5 rings (SSSR count). The highest BCUT2D eigenvalue weighted by Gasteiger charge is 2.55. The van der Waals surface area contributed by atoms with Gasteiger partial charge in [0, 0.05) is 24.5 Å². The molecule has 3 aliphatic rings. The van der Waals surface area contributed by atoms with Crippen molar-refractivity contribution < 1.29 is 37.1 Å². The lowest BCUT2D eigenvalue weighted by Gasteiger charge is -2.28. The number of ketones is 1. The third kappa shape index (κ3) is 4.52. The molecule has 3 aliphatic heterocycles. The molecule has 12 nitrogen and oxygen atoms in total. The highest BCUT2D eigenvalue weighted by molar-refractivity contribution is 8.04. The van der Waals surface area contributed by atoms with Crippen LogP contribution in [0.15, 0.2) is 42.7 Å². The molecule has 0 radical (unpaired) electrons. The van der Waals surface area contributed by atoms with Gasteiger partial charge < -0.3 is 19.7 Å². The molecule has 0 aliphatic carbocycles. The number of aromatic nitrogens is 1. The van der Waals surface area contributed by atoms with Crippen LogP contribution in [-0.2, 0) is 19.6 Å². The van der Waals surface area contributed by atoms with E-state index in [1.165, 1.54) is 29.3 Å². The van der Waals surface area contributed by atoms with Gasteiger partial charge in [-0.3, -0.25) is 24.2 Å². The van der Waals surface area contributed by atoms with Crippen LogP contribution in [0.1, 0.15) is 46.9 Å². The predicted molar refractivity (Wildman–Crippen MR) is 132 cm³/mol. The maximum atomic E-state index is 13.6. The zero-order valence-electron chi connectivity index (χ0n) is 20.5. The van der Waals surface area contributed by atoms with Crippen molar-refractivity contribution in [3.63, 3.8) is 0 Å². The molecule has 200 valence electrons. The van der Waals surface area contributed by atoms with Crippen LogP contribution in [0.5, 0.6) is 11.5 Å². The van der Waals surface area contributed by atoms with Crippen molar-refractivity contribution in [2.24, 2.45) is 0 Å². The fraction of sp³-hybridized carbons (Fsp3) is 0.400. The first-order chi connectivity index (χ1) is 18.2. The number of fused-ring (bicyclic) bond motifs is 2. The number of nitrogens with zero attached hydrogens (tertiary/aromatic N) is 3. The molecule has 3 unspecified atom stereocenters. The molecule has 2 fully saturated rings. The van der Waals surface area contributed by atoms with Gasteiger partial charge in [0.25, 0.3) is 21.0 Å². The second kappa shape index (κ2) is 10.1. The molecular formula is C25H26N4O8S. The Balaban J connectivity index is 1.32. The summed E-state index contributed by atoms with van der Waals surface area (Å²) >= 11 is 0. The summed E-state index contributed by atoms with van der Waals surface area (Å²) < 4.78 is 37.7. The molecule has 1 aromatic carbocycles. The Hall–Kier alpha value is -3.84. The molecule has 3 atom stereocenters. The molecule has 1 aromatic heterocycles. The van der Waals surface area contributed by atoms with Gasteiger partial charge in [0.15, 0.2) is 17.3 Å². The molecule has 0 spiro atoms. The number of pyridine rings is 1. The Kier molecular flexibility index (Phi) is 6.88. The van der Waals surface area contributed by atoms with Crippen LogP contribution in [0.3, 0.4) is 0 Å². The van der Waals surface area contributed by atoms with E-state index in [0.717, 1.165) is 10.5 Å². The van der Waals surface area contributed by atoms with Crippen LogP contribution in [0.2, 0.25) is 0 Å². The maximum Gasteiger partial charge on any atom is 0.293 e. The standard InChI is InChI=1S/C25H26N4O8S/c1-2-4-17(27-23(31)15-6-7-20-21(11-15)37-14-36-20)24(32)28-10-8-18-22(28)19(30)13-29(18)38(34,35)25(33)16-5-3-9-26-12-16/h3,5-7,9,11-12,17-18,22H,2,4,8,10,13-14H2,1H3,(H,27,31). The molecule has 2 amide bonds. The number of carbonyl (C=O) groups is 4. The number of ether oxygens (including phenoxy) is 2. The average molecular weight is 543 g/mol. The summed E-state index contributed by atoms with van der Waals surface area (Å²) in [4.78, 5) is 57.4. The molecule has 2 saturated heterocycles. The Labute approximate surface area is 219 Å². The molecular weight excluding hydrogens is 516 g/mol. The van der Waals surface area contributed by atoms with Crippen LogP contribution in [0, 0.1) is 0 Å². The Bertz CT molecular complexity index is 1400. The van der Waals surface area contributed by atoms with Gasteiger partial charge >= 0.3 is 0 Å². The second-order valence-electron chi connectivity index (χ2n) is 9.26. The first-order valence-corrected chi connectivity index (χ1v) is 13.7. The van der Waals surface area contributed by atoms with Crippen LogP contribution in [0.25, 0.3) is 0 Å². The minimum absolute atomic E-state index is 0.0590. The summed E-state index contributed by atoms with van der Waals surface area (Å²) in [6, 6.07) is 4.67. The lowest BCUT2D eigenvalue weighted by molar-refractivity contribution is -0.138. The van der Waals surface area contributed by atoms with Gasteiger partial charge in [0.2, 0.25) is 12.7 Å². The number of nitrogens with one attached hydrogen (secondary N) is 1. The smallest absolute Gasteiger partial charge is 0.293 e. The molecule has 0 bridgehead atoms. The zero-order chi connectivity index (χ0) is 27.0. The van der Waals surface area contributed by atoms with E-state index in [2.05, 4.69) is 10.3 Å².